The van der Waals surface area contributed by atoms with Crippen LogP contribution in [0.1, 0.15) is 60.8 Å². The van der Waals surface area contributed by atoms with Gasteiger partial charge in [0.1, 0.15) is 0 Å². The molecular weight excluding hydrogens is 393 g/mol. The van der Waals surface area contributed by atoms with Crippen molar-refractivity contribution < 1.29 is 30.9 Å². The Hall–Kier alpha value is 0.710. The van der Waals surface area contributed by atoms with Crippen LogP contribution in [0.3, 0.4) is 0 Å². The van der Waals surface area contributed by atoms with Crippen molar-refractivity contribution in [3.05, 3.63) is 17.2 Å². The molecule has 4 nitrogen and oxygen atoms in total. The maximum atomic E-state index is 8.52. The van der Waals surface area contributed by atoms with Gasteiger partial charge in [-0.3, -0.25) is 0 Å². The number of rotatable bonds is 3. The summed E-state index contributed by atoms with van der Waals surface area (Å²) in [5, 5.41) is 8.52. The Balaban J connectivity index is -0.0000000412. The minimum atomic E-state index is -0.500. The van der Waals surface area contributed by atoms with Gasteiger partial charge in [0, 0.05) is 25.8 Å². The predicted molar refractivity (Wildman–Crippen MR) is 80.4 cm³/mol. The summed E-state index contributed by atoms with van der Waals surface area (Å²) in [6, 6.07) is 0. The predicted octanol–water partition coefficient (Wildman–Crippen LogP) is 5.12. The van der Waals surface area contributed by atoms with Crippen LogP contribution < -0.4 is 0 Å². The maximum Gasteiger partial charge on any atom is 0.0563 e. The van der Waals surface area contributed by atoms with Crippen LogP contribution >= 0.6 is 0 Å². The quantitative estimate of drug-likeness (QED) is 0.623. The third-order valence-corrected chi connectivity index (χ3v) is 0.750. The van der Waals surface area contributed by atoms with E-state index in [0.717, 1.165) is 19.3 Å². The van der Waals surface area contributed by atoms with E-state index in [2.05, 4.69) is 0 Å². The molecule has 4 N–H and O–H groups in total. The fourth-order valence-electron chi connectivity index (χ4n) is 0. The van der Waals surface area contributed by atoms with Crippen LogP contribution in [-0.4, -0.2) is 30.3 Å². The molecule has 0 bridgehead atoms. The molecule has 0 aliphatic carbocycles. The molecule has 114 valence electrons. The van der Waals surface area contributed by atoms with Crippen LogP contribution in [0.4, 0.5) is 0 Å². The summed E-state index contributed by atoms with van der Waals surface area (Å²) in [5.74, 6) is 0. The number of hydrogen-bond acceptors (Lipinski definition) is 1. The zero-order valence-corrected chi connectivity index (χ0v) is 16.8. The van der Waals surface area contributed by atoms with E-state index in [1.807, 2.05) is 20.8 Å². The van der Waals surface area contributed by atoms with Gasteiger partial charge < -0.3 is 22.3 Å². The first-order chi connectivity index (χ1) is 7.74. The first kappa shape index (κ1) is 31.2. The third kappa shape index (κ3) is 300. The van der Waals surface area contributed by atoms with Crippen LogP contribution in [0.2, 0.25) is 0 Å². The molecule has 0 heterocycles. The van der Waals surface area contributed by atoms with Gasteiger partial charge in [0.2, 0.25) is 0 Å². The third-order valence-electron chi connectivity index (χ3n) is 0.750. The van der Waals surface area contributed by atoms with Crippen molar-refractivity contribution in [2.45, 2.75) is 66.4 Å². The fraction of sp³-hybridized carbons (Fsp3) is 1.00. The molecule has 0 atom stereocenters. The monoisotopic (exact) mass is 428 g/mol. The molecule has 0 saturated carbocycles. The molecule has 18 heavy (non-hydrogen) atoms. The molecule has 0 amide bonds. The van der Waals surface area contributed by atoms with E-state index in [-0.39, 0.29) is 25.8 Å². The standard InChI is InChI=1S/C4H10O.3C3H8N.Hf/c1-4(2,3)5;3*1-2-3-4;/h5H,1-3H3;3*4H,2-3H2,1H3;/q;3*-1;. The van der Waals surface area contributed by atoms with Crippen molar-refractivity contribution in [2.24, 2.45) is 0 Å². The van der Waals surface area contributed by atoms with Gasteiger partial charge in [-0.15, -0.1) is 0 Å². The van der Waals surface area contributed by atoms with Gasteiger partial charge in [0.25, 0.3) is 0 Å². The van der Waals surface area contributed by atoms with Crippen molar-refractivity contribution in [1.82, 2.24) is 0 Å². The van der Waals surface area contributed by atoms with Crippen LogP contribution in [0.15, 0.2) is 0 Å². The molecule has 0 fully saturated rings. The second kappa shape index (κ2) is 30.6. The van der Waals surface area contributed by atoms with Crippen LogP contribution in [0.25, 0.3) is 17.2 Å². The summed E-state index contributed by atoms with van der Waals surface area (Å²) in [5.41, 5.74) is 18.9. The van der Waals surface area contributed by atoms with Crippen LogP contribution in [-0.2, 0) is 25.8 Å². The van der Waals surface area contributed by atoms with E-state index in [1.54, 1.807) is 20.8 Å². The van der Waals surface area contributed by atoms with Gasteiger partial charge in [-0.25, -0.2) is 0 Å². The molecular formula is C13H34HfN3O-3. The van der Waals surface area contributed by atoms with Crippen molar-refractivity contribution in [1.29, 1.82) is 0 Å². The second-order valence-electron chi connectivity index (χ2n) is 4.42. The summed E-state index contributed by atoms with van der Waals surface area (Å²) in [7, 11) is 0. The molecule has 0 saturated heterocycles. The average Bonchev–Trinajstić information content (AvgIpc) is 2.27. The Bertz CT molecular complexity index is 77.2. The molecule has 0 aromatic heterocycles. The molecule has 0 unspecified atom stereocenters. The normalized spacial score (nSPS) is 8.33. The van der Waals surface area contributed by atoms with Crippen molar-refractivity contribution >= 4 is 0 Å². The first-order valence-electron chi connectivity index (χ1n) is 6.41. The number of hydrogen-bond donors (Lipinski definition) is 1. The number of nitrogens with one attached hydrogen (secondary N) is 3. The Morgan fingerprint density at radius 2 is 0.778 bits per heavy atom. The molecule has 0 aromatic rings. The topological polar surface area (TPSA) is 91.6 Å². The second-order valence-corrected chi connectivity index (χ2v) is 4.42. The van der Waals surface area contributed by atoms with Gasteiger partial charge in [0.05, 0.1) is 5.60 Å². The van der Waals surface area contributed by atoms with Crippen molar-refractivity contribution in [3.8, 4) is 0 Å². The van der Waals surface area contributed by atoms with Gasteiger partial charge in [-0.05, 0) is 20.8 Å². The van der Waals surface area contributed by atoms with Crippen LogP contribution in [0.5, 0.6) is 0 Å². The zero-order valence-electron chi connectivity index (χ0n) is 13.2. The largest absolute Gasteiger partial charge is 0.677 e. The molecule has 0 aliphatic rings. The van der Waals surface area contributed by atoms with Crippen LogP contribution in [0, 0.1) is 0 Å². The molecule has 5 heteroatoms. The minimum absolute atomic E-state index is 0. The summed E-state index contributed by atoms with van der Waals surface area (Å²) in [4.78, 5) is 0. The van der Waals surface area contributed by atoms with E-state index in [4.69, 9.17) is 22.3 Å². The maximum absolute atomic E-state index is 8.52. The summed E-state index contributed by atoms with van der Waals surface area (Å²) in [6.07, 6.45) is 2.96. The Morgan fingerprint density at radius 3 is 0.778 bits per heavy atom. The van der Waals surface area contributed by atoms with Gasteiger partial charge in [-0.2, -0.15) is 19.6 Å². The average molecular weight is 427 g/mol. The van der Waals surface area contributed by atoms with E-state index in [0.29, 0.717) is 19.6 Å². The van der Waals surface area contributed by atoms with Gasteiger partial charge >= 0.3 is 0 Å². The zero-order chi connectivity index (χ0) is 14.7. The Morgan fingerprint density at radius 1 is 0.722 bits per heavy atom. The van der Waals surface area contributed by atoms with Crippen molar-refractivity contribution in [2.75, 3.05) is 19.6 Å². The van der Waals surface area contributed by atoms with E-state index in [9.17, 15) is 0 Å². The fourth-order valence-corrected chi connectivity index (χ4v) is 0. The minimum Gasteiger partial charge on any atom is -0.677 e. The van der Waals surface area contributed by atoms with Crippen molar-refractivity contribution in [3.63, 3.8) is 0 Å². The molecule has 0 aromatic carbocycles. The summed E-state index contributed by atoms with van der Waals surface area (Å²) in [6.45, 7) is 12.9. The first-order valence-corrected chi connectivity index (χ1v) is 6.41. The summed E-state index contributed by atoms with van der Waals surface area (Å²) >= 11 is 0. The Labute approximate surface area is 134 Å². The van der Waals surface area contributed by atoms with E-state index >= 15 is 0 Å². The Kier molecular flexibility index (Phi) is 53.1. The van der Waals surface area contributed by atoms with E-state index < -0.39 is 5.60 Å². The molecule has 0 spiro atoms. The molecule has 0 radical (unpaired) electrons. The summed E-state index contributed by atoms with van der Waals surface area (Å²) < 4.78 is 0. The molecule has 0 rings (SSSR count). The van der Waals surface area contributed by atoms with Gasteiger partial charge in [-0.1, -0.05) is 40.0 Å². The molecule has 0 aliphatic heterocycles. The van der Waals surface area contributed by atoms with E-state index in [1.165, 1.54) is 0 Å². The number of aliphatic hydroxyl groups is 1. The SMILES string of the molecule is CC(C)(C)O.CCC[NH-].CCC[NH-].CCC[NH-].[Hf]. The smallest absolute Gasteiger partial charge is 0.0563 e. The van der Waals surface area contributed by atoms with Gasteiger partial charge in [0.15, 0.2) is 0 Å².